The van der Waals surface area contributed by atoms with Gasteiger partial charge in [0, 0.05) is 0 Å². The van der Waals surface area contributed by atoms with Crippen LogP contribution in [0, 0.1) is 23.7 Å². The molecule has 3 unspecified atom stereocenters. The van der Waals surface area contributed by atoms with Gasteiger partial charge in [-0.3, -0.25) is 0 Å². The summed E-state index contributed by atoms with van der Waals surface area (Å²) in [6, 6.07) is 0. The summed E-state index contributed by atoms with van der Waals surface area (Å²) in [4.78, 5) is 0. The lowest BCUT2D eigenvalue weighted by atomic mass is 9.74. The number of hydrogen-bond acceptors (Lipinski definition) is 1. The van der Waals surface area contributed by atoms with E-state index in [-0.39, 0.29) is 6.10 Å². The predicted molar refractivity (Wildman–Crippen MR) is 61.1 cm³/mol. The maximum atomic E-state index is 9.81. The second-order valence-electron chi connectivity index (χ2n) is 5.64. The van der Waals surface area contributed by atoms with E-state index in [1.165, 1.54) is 12.8 Å². The van der Waals surface area contributed by atoms with Crippen molar-refractivity contribution < 1.29 is 5.11 Å². The molecule has 0 aromatic heterocycles. The number of aliphatic hydroxyl groups is 1. The van der Waals surface area contributed by atoms with Crippen molar-refractivity contribution in [3.05, 3.63) is 0 Å². The fourth-order valence-corrected chi connectivity index (χ4v) is 3.00. The van der Waals surface area contributed by atoms with Gasteiger partial charge in [-0.25, -0.2) is 0 Å². The second kappa shape index (κ2) is 5.16. The van der Waals surface area contributed by atoms with Gasteiger partial charge in [0.2, 0.25) is 0 Å². The van der Waals surface area contributed by atoms with E-state index in [1.54, 1.807) is 0 Å². The Morgan fingerprint density at radius 1 is 0.929 bits per heavy atom. The highest BCUT2D eigenvalue weighted by atomic mass is 16.3. The lowest BCUT2D eigenvalue weighted by molar-refractivity contribution is 0.105. The van der Waals surface area contributed by atoms with Crippen molar-refractivity contribution in [2.75, 3.05) is 0 Å². The molecule has 0 bridgehead atoms. The molecule has 1 rings (SSSR count). The van der Waals surface area contributed by atoms with Crippen LogP contribution in [-0.2, 0) is 0 Å². The van der Waals surface area contributed by atoms with Crippen LogP contribution in [0.25, 0.3) is 0 Å². The van der Waals surface area contributed by atoms with E-state index in [2.05, 4.69) is 27.7 Å². The van der Waals surface area contributed by atoms with Crippen LogP contribution < -0.4 is 0 Å². The molecule has 0 radical (unpaired) electrons. The topological polar surface area (TPSA) is 20.2 Å². The SMILES string of the molecule is CC(C)C1CCCC(O)CC1C(C)C. The monoisotopic (exact) mass is 198 g/mol. The summed E-state index contributed by atoms with van der Waals surface area (Å²) in [7, 11) is 0. The lowest BCUT2D eigenvalue weighted by Crippen LogP contribution is -2.25. The molecule has 0 spiro atoms. The molecule has 0 heterocycles. The Kier molecular flexibility index (Phi) is 4.43. The lowest BCUT2D eigenvalue weighted by Gasteiger charge is -2.32. The van der Waals surface area contributed by atoms with Crippen LogP contribution in [0.2, 0.25) is 0 Å². The van der Waals surface area contributed by atoms with Crippen LogP contribution in [0.4, 0.5) is 0 Å². The molecule has 0 amide bonds. The Morgan fingerprint density at radius 2 is 1.50 bits per heavy atom. The van der Waals surface area contributed by atoms with Gasteiger partial charge in [-0.1, -0.05) is 34.1 Å². The summed E-state index contributed by atoms with van der Waals surface area (Å²) in [6.07, 6.45) is 4.55. The summed E-state index contributed by atoms with van der Waals surface area (Å²) < 4.78 is 0. The van der Waals surface area contributed by atoms with Crippen LogP contribution in [-0.4, -0.2) is 11.2 Å². The standard InChI is InChI=1S/C13H26O/c1-9(2)12-7-5-6-11(14)8-13(12)10(3)4/h9-14H,5-8H2,1-4H3. The fraction of sp³-hybridized carbons (Fsp3) is 1.00. The van der Waals surface area contributed by atoms with E-state index in [1.807, 2.05) is 0 Å². The van der Waals surface area contributed by atoms with E-state index in [0.29, 0.717) is 0 Å². The van der Waals surface area contributed by atoms with Crippen molar-refractivity contribution in [2.45, 2.75) is 59.5 Å². The first-order chi connectivity index (χ1) is 6.52. The van der Waals surface area contributed by atoms with Gasteiger partial charge in [-0.05, 0) is 42.9 Å². The van der Waals surface area contributed by atoms with E-state index in [9.17, 15) is 5.11 Å². The second-order valence-corrected chi connectivity index (χ2v) is 5.64. The summed E-state index contributed by atoms with van der Waals surface area (Å²) in [5, 5.41) is 9.81. The van der Waals surface area contributed by atoms with E-state index in [0.717, 1.165) is 36.5 Å². The first kappa shape index (κ1) is 12.0. The minimum atomic E-state index is -0.0360. The number of hydrogen-bond donors (Lipinski definition) is 1. The summed E-state index contributed by atoms with van der Waals surface area (Å²) in [6.45, 7) is 9.27. The molecule has 1 nitrogen and oxygen atoms in total. The van der Waals surface area contributed by atoms with Gasteiger partial charge in [0.05, 0.1) is 6.10 Å². The molecule has 1 heteroatoms. The molecule has 1 N–H and O–H groups in total. The van der Waals surface area contributed by atoms with Gasteiger partial charge < -0.3 is 5.11 Å². The molecular weight excluding hydrogens is 172 g/mol. The largest absolute Gasteiger partial charge is 0.393 e. The predicted octanol–water partition coefficient (Wildman–Crippen LogP) is 3.47. The first-order valence-electron chi connectivity index (χ1n) is 6.20. The van der Waals surface area contributed by atoms with Crippen molar-refractivity contribution in [2.24, 2.45) is 23.7 Å². The Balaban J connectivity index is 2.69. The summed E-state index contributed by atoms with van der Waals surface area (Å²) >= 11 is 0. The third kappa shape index (κ3) is 2.98. The highest BCUT2D eigenvalue weighted by molar-refractivity contribution is 4.81. The molecular formula is C13H26O. The van der Waals surface area contributed by atoms with E-state index < -0.39 is 0 Å². The van der Waals surface area contributed by atoms with Gasteiger partial charge >= 0.3 is 0 Å². The van der Waals surface area contributed by atoms with Crippen LogP contribution in [0.3, 0.4) is 0 Å². The molecule has 1 aliphatic rings. The molecule has 14 heavy (non-hydrogen) atoms. The maximum Gasteiger partial charge on any atom is 0.0543 e. The maximum absolute atomic E-state index is 9.81. The molecule has 84 valence electrons. The van der Waals surface area contributed by atoms with Crippen LogP contribution >= 0.6 is 0 Å². The summed E-state index contributed by atoms with van der Waals surface area (Å²) in [5.74, 6) is 3.04. The van der Waals surface area contributed by atoms with Crippen LogP contribution in [0.5, 0.6) is 0 Å². The molecule has 0 aromatic rings. The third-order valence-electron chi connectivity index (χ3n) is 3.88. The average Bonchev–Trinajstić information content (AvgIpc) is 2.26. The molecule has 0 saturated heterocycles. The van der Waals surface area contributed by atoms with Crippen LogP contribution in [0.15, 0.2) is 0 Å². The number of aliphatic hydroxyl groups excluding tert-OH is 1. The minimum Gasteiger partial charge on any atom is -0.393 e. The smallest absolute Gasteiger partial charge is 0.0543 e. The van der Waals surface area contributed by atoms with Gasteiger partial charge in [0.25, 0.3) is 0 Å². The zero-order valence-corrected chi connectivity index (χ0v) is 10.2. The Hall–Kier alpha value is -0.0400. The molecule has 1 saturated carbocycles. The third-order valence-corrected chi connectivity index (χ3v) is 3.88. The summed E-state index contributed by atoms with van der Waals surface area (Å²) in [5.41, 5.74) is 0. The number of rotatable bonds is 2. The zero-order chi connectivity index (χ0) is 10.7. The highest BCUT2D eigenvalue weighted by Gasteiger charge is 2.31. The van der Waals surface area contributed by atoms with E-state index in [4.69, 9.17) is 0 Å². The molecule has 3 atom stereocenters. The van der Waals surface area contributed by atoms with Crippen molar-refractivity contribution in [3.63, 3.8) is 0 Å². The zero-order valence-electron chi connectivity index (χ0n) is 10.2. The van der Waals surface area contributed by atoms with Crippen molar-refractivity contribution in [1.82, 2.24) is 0 Å². The molecule has 0 aliphatic heterocycles. The quantitative estimate of drug-likeness (QED) is 0.674. The Labute approximate surface area is 88.9 Å². The molecule has 1 aliphatic carbocycles. The fourth-order valence-electron chi connectivity index (χ4n) is 3.00. The highest BCUT2D eigenvalue weighted by Crippen LogP contribution is 2.38. The molecule has 0 aromatic carbocycles. The van der Waals surface area contributed by atoms with Crippen LogP contribution in [0.1, 0.15) is 53.4 Å². The van der Waals surface area contributed by atoms with Crippen molar-refractivity contribution in [1.29, 1.82) is 0 Å². The normalized spacial score (nSPS) is 34.9. The molecule has 1 fully saturated rings. The van der Waals surface area contributed by atoms with Gasteiger partial charge in [0.1, 0.15) is 0 Å². The van der Waals surface area contributed by atoms with E-state index >= 15 is 0 Å². The Morgan fingerprint density at radius 3 is 2.00 bits per heavy atom. The van der Waals surface area contributed by atoms with Gasteiger partial charge in [0.15, 0.2) is 0 Å². The van der Waals surface area contributed by atoms with Crippen molar-refractivity contribution in [3.8, 4) is 0 Å². The van der Waals surface area contributed by atoms with Gasteiger partial charge in [-0.2, -0.15) is 0 Å². The average molecular weight is 198 g/mol. The first-order valence-corrected chi connectivity index (χ1v) is 6.20. The van der Waals surface area contributed by atoms with Gasteiger partial charge in [-0.15, -0.1) is 0 Å². The minimum absolute atomic E-state index is 0.0360. The Bertz CT molecular complexity index is 163. The van der Waals surface area contributed by atoms with Crippen molar-refractivity contribution >= 4 is 0 Å².